The van der Waals surface area contributed by atoms with Gasteiger partial charge in [0.05, 0.1) is 13.7 Å². The Kier molecular flexibility index (Phi) is 4.87. The Balaban J connectivity index is 3.31. The number of ether oxygens (including phenoxy) is 1. The van der Waals surface area contributed by atoms with E-state index >= 15 is 0 Å². The van der Waals surface area contributed by atoms with Crippen LogP contribution < -0.4 is 5.32 Å². The summed E-state index contributed by atoms with van der Waals surface area (Å²) < 4.78 is 18.7. The molecule has 0 aliphatic heterocycles. The molecule has 1 unspecified atom stereocenters. The van der Waals surface area contributed by atoms with Gasteiger partial charge in [0.2, 0.25) is 0 Å². The van der Waals surface area contributed by atoms with E-state index in [-0.39, 0.29) is 12.1 Å². The molecule has 0 aromatic heterocycles. The summed E-state index contributed by atoms with van der Waals surface area (Å²) in [6.45, 7) is 1.92. The van der Waals surface area contributed by atoms with Crippen molar-refractivity contribution in [1.29, 1.82) is 0 Å². The van der Waals surface area contributed by atoms with E-state index in [1.165, 1.54) is 13.2 Å². The molecule has 18 heavy (non-hydrogen) atoms. The molecule has 0 radical (unpaired) electrons. The summed E-state index contributed by atoms with van der Waals surface area (Å²) in [7, 11) is 1.27. The average molecular weight is 249 g/mol. The van der Waals surface area contributed by atoms with Gasteiger partial charge >= 0.3 is 5.97 Å². The number of benzene rings is 1. The molecule has 3 nitrogen and oxygen atoms in total. The summed E-state index contributed by atoms with van der Waals surface area (Å²) in [5.41, 5.74) is -0.999. The molecule has 1 rings (SSSR count). The lowest BCUT2D eigenvalue weighted by molar-refractivity contribution is -0.149. The number of carbonyl (C=O) groups is 1. The van der Waals surface area contributed by atoms with Crippen LogP contribution in [0.5, 0.6) is 0 Å². The van der Waals surface area contributed by atoms with Crippen molar-refractivity contribution in [3.8, 4) is 12.3 Å². The molecule has 1 aromatic rings. The van der Waals surface area contributed by atoms with Crippen molar-refractivity contribution >= 4 is 5.97 Å². The van der Waals surface area contributed by atoms with Gasteiger partial charge in [-0.25, -0.2) is 9.18 Å². The average Bonchev–Trinajstić information content (AvgIpc) is 2.41. The number of hydrogen-bond acceptors (Lipinski definition) is 3. The zero-order valence-electron chi connectivity index (χ0n) is 10.5. The molecule has 0 spiro atoms. The van der Waals surface area contributed by atoms with Gasteiger partial charge in [0.1, 0.15) is 11.4 Å². The highest BCUT2D eigenvalue weighted by molar-refractivity contribution is 5.82. The van der Waals surface area contributed by atoms with Crippen molar-refractivity contribution in [3.05, 3.63) is 35.6 Å². The number of carbonyl (C=O) groups excluding carboxylic acids is 1. The molecule has 1 N–H and O–H groups in total. The van der Waals surface area contributed by atoms with E-state index in [2.05, 4.69) is 11.2 Å². The Morgan fingerprint density at radius 2 is 2.22 bits per heavy atom. The molecule has 1 atom stereocenters. The van der Waals surface area contributed by atoms with Gasteiger partial charge in [0.15, 0.2) is 0 Å². The molecule has 4 heteroatoms. The predicted molar refractivity (Wildman–Crippen MR) is 67.2 cm³/mol. The highest BCUT2D eigenvalue weighted by Crippen LogP contribution is 2.28. The summed E-state index contributed by atoms with van der Waals surface area (Å²) in [6.07, 6.45) is 5.53. The van der Waals surface area contributed by atoms with Gasteiger partial charge in [0.25, 0.3) is 0 Å². The Bertz CT molecular complexity index is 467. The highest BCUT2D eigenvalue weighted by atomic mass is 19.1. The normalized spacial score (nSPS) is 13.4. The third-order valence-corrected chi connectivity index (χ3v) is 2.89. The number of hydrogen-bond donors (Lipinski definition) is 1. The van der Waals surface area contributed by atoms with Crippen molar-refractivity contribution in [1.82, 2.24) is 5.32 Å². The maximum atomic E-state index is 13.9. The minimum atomic E-state index is -1.24. The largest absolute Gasteiger partial charge is 0.467 e. The van der Waals surface area contributed by atoms with Crippen LogP contribution >= 0.6 is 0 Å². The van der Waals surface area contributed by atoms with Crippen molar-refractivity contribution in [2.24, 2.45) is 0 Å². The molecular formula is C14H16FNO2. The second kappa shape index (κ2) is 6.18. The standard InChI is InChI=1S/C14H16FNO2/c1-4-10-16-14(5-2,13(17)18-3)11-8-6-7-9-12(11)15/h1,6-9,16H,5,10H2,2-3H3. The van der Waals surface area contributed by atoms with Crippen LogP contribution in [0.15, 0.2) is 24.3 Å². The fourth-order valence-corrected chi connectivity index (χ4v) is 1.92. The number of methoxy groups -OCH3 is 1. The Morgan fingerprint density at radius 1 is 1.56 bits per heavy atom. The Labute approximate surface area is 106 Å². The third kappa shape index (κ3) is 2.52. The number of halogens is 1. The summed E-state index contributed by atoms with van der Waals surface area (Å²) >= 11 is 0. The molecule has 96 valence electrons. The van der Waals surface area contributed by atoms with Gasteiger partial charge in [-0.2, -0.15) is 0 Å². The summed E-state index contributed by atoms with van der Waals surface area (Å²) in [4.78, 5) is 12.0. The van der Waals surface area contributed by atoms with E-state index in [1.807, 2.05) is 0 Å². The first-order valence-electron chi connectivity index (χ1n) is 5.64. The van der Waals surface area contributed by atoms with Crippen LogP contribution in [0, 0.1) is 18.2 Å². The zero-order valence-corrected chi connectivity index (χ0v) is 10.5. The lowest BCUT2D eigenvalue weighted by Gasteiger charge is -2.31. The first-order chi connectivity index (χ1) is 8.62. The van der Waals surface area contributed by atoms with E-state index in [1.54, 1.807) is 25.1 Å². The summed E-state index contributed by atoms with van der Waals surface area (Å²) in [5, 5.41) is 2.89. The molecule has 0 fully saturated rings. The van der Waals surface area contributed by atoms with Crippen LogP contribution in [-0.2, 0) is 15.1 Å². The second-order valence-electron chi connectivity index (χ2n) is 3.79. The fourth-order valence-electron chi connectivity index (χ4n) is 1.92. The SMILES string of the molecule is C#CCNC(CC)(C(=O)OC)c1ccccc1F. The Morgan fingerprint density at radius 3 is 2.72 bits per heavy atom. The Hall–Kier alpha value is -1.86. The zero-order chi connectivity index (χ0) is 13.6. The third-order valence-electron chi connectivity index (χ3n) is 2.89. The van der Waals surface area contributed by atoms with Crippen molar-refractivity contribution < 1.29 is 13.9 Å². The van der Waals surface area contributed by atoms with Gasteiger partial charge in [-0.1, -0.05) is 31.0 Å². The molecular weight excluding hydrogens is 233 g/mol. The van der Waals surface area contributed by atoms with Gasteiger partial charge in [-0.05, 0) is 12.5 Å². The topological polar surface area (TPSA) is 38.3 Å². The van der Waals surface area contributed by atoms with Crippen molar-refractivity contribution in [3.63, 3.8) is 0 Å². The molecule has 0 saturated heterocycles. The molecule has 1 aromatic carbocycles. The molecule has 0 amide bonds. The number of rotatable bonds is 5. The molecule has 0 bridgehead atoms. The van der Waals surface area contributed by atoms with E-state index in [0.717, 1.165) is 0 Å². The predicted octanol–water partition coefficient (Wildman–Crippen LogP) is 1.83. The minimum absolute atomic E-state index is 0.150. The van der Waals surface area contributed by atoms with Crippen LogP contribution in [0.4, 0.5) is 4.39 Å². The van der Waals surface area contributed by atoms with E-state index in [0.29, 0.717) is 6.42 Å². The van der Waals surface area contributed by atoms with Crippen LogP contribution in [0.2, 0.25) is 0 Å². The molecule has 0 saturated carbocycles. The van der Waals surface area contributed by atoms with Crippen LogP contribution in [0.25, 0.3) is 0 Å². The fraction of sp³-hybridized carbons (Fsp3) is 0.357. The summed E-state index contributed by atoms with van der Waals surface area (Å²) in [5.74, 6) is 1.37. The smallest absolute Gasteiger partial charge is 0.330 e. The summed E-state index contributed by atoms with van der Waals surface area (Å²) in [6, 6.07) is 6.10. The lowest BCUT2D eigenvalue weighted by Crippen LogP contribution is -2.50. The number of esters is 1. The van der Waals surface area contributed by atoms with Crippen LogP contribution in [0.1, 0.15) is 18.9 Å². The maximum absolute atomic E-state index is 13.9. The number of nitrogens with one attached hydrogen (secondary N) is 1. The van der Waals surface area contributed by atoms with Crippen LogP contribution in [0.3, 0.4) is 0 Å². The van der Waals surface area contributed by atoms with E-state index < -0.39 is 17.3 Å². The van der Waals surface area contributed by atoms with Gasteiger partial charge < -0.3 is 4.74 Å². The lowest BCUT2D eigenvalue weighted by atomic mass is 9.86. The first kappa shape index (κ1) is 14.2. The van der Waals surface area contributed by atoms with Gasteiger partial charge in [-0.3, -0.25) is 5.32 Å². The minimum Gasteiger partial charge on any atom is -0.467 e. The monoisotopic (exact) mass is 249 g/mol. The van der Waals surface area contributed by atoms with Crippen molar-refractivity contribution in [2.45, 2.75) is 18.9 Å². The first-order valence-corrected chi connectivity index (χ1v) is 5.64. The molecule has 0 aliphatic carbocycles. The van der Waals surface area contributed by atoms with E-state index in [4.69, 9.17) is 11.2 Å². The van der Waals surface area contributed by atoms with Crippen molar-refractivity contribution in [2.75, 3.05) is 13.7 Å². The van der Waals surface area contributed by atoms with E-state index in [9.17, 15) is 9.18 Å². The van der Waals surface area contributed by atoms with Gasteiger partial charge in [-0.15, -0.1) is 6.42 Å². The highest BCUT2D eigenvalue weighted by Gasteiger charge is 2.41. The second-order valence-corrected chi connectivity index (χ2v) is 3.79. The maximum Gasteiger partial charge on any atom is 0.330 e. The molecule has 0 heterocycles. The quantitative estimate of drug-likeness (QED) is 0.639. The van der Waals surface area contributed by atoms with Gasteiger partial charge in [0, 0.05) is 5.56 Å². The van der Waals surface area contributed by atoms with Crippen LogP contribution in [-0.4, -0.2) is 19.6 Å². The molecule has 0 aliphatic rings. The number of terminal acetylenes is 1.